The number of rotatable bonds is 9. The van der Waals surface area contributed by atoms with E-state index in [0.29, 0.717) is 38.5 Å². The van der Waals surface area contributed by atoms with Crippen molar-refractivity contribution >= 4 is 23.9 Å². The van der Waals surface area contributed by atoms with Gasteiger partial charge in [-0.05, 0) is 45.7 Å². The molecular weight excluding hydrogens is 552 g/mol. The van der Waals surface area contributed by atoms with E-state index in [1.165, 1.54) is 24.3 Å². The quantitative estimate of drug-likeness (QED) is 0.290. The molecule has 0 aromatic carbocycles. The molecule has 6 aliphatic heterocycles. The van der Waals surface area contributed by atoms with Crippen LogP contribution in [-0.4, -0.2) is 146 Å². The summed E-state index contributed by atoms with van der Waals surface area (Å²) in [6.45, 7) is 5.23. The van der Waals surface area contributed by atoms with Gasteiger partial charge < -0.3 is 20.0 Å². The minimum absolute atomic E-state index is 0. The zero-order valence-electron chi connectivity index (χ0n) is 24.0. The zero-order chi connectivity index (χ0) is 29.1. The second kappa shape index (κ2) is 14.1. The molecule has 1 unspecified atom stereocenters. The van der Waals surface area contributed by atoms with Crippen molar-refractivity contribution < 1.29 is 38.5 Å². The summed E-state index contributed by atoms with van der Waals surface area (Å²) in [4.78, 5) is 74.7. The summed E-state index contributed by atoms with van der Waals surface area (Å²) in [6.07, 6.45) is 3.69. The molecule has 0 spiro atoms. The number of likely N-dealkylation sites (tertiary alicyclic amines) is 1. The van der Waals surface area contributed by atoms with Crippen LogP contribution in [0.3, 0.4) is 0 Å². The monoisotopic (exact) mass is 598 g/mol. The highest BCUT2D eigenvalue weighted by atomic mass is 16.7. The lowest BCUT2D eigenvalue weighted by atomic mass is 10.0. The summed E-state index contributed by atoms with van der Waals surface area (Å²) >= 11 is 0. The maximum atomic E-state index is 12.2. The fourth-order valence-corrected chi connectivity index (χ4v) is 6.44. The van der Waals surface area contributed by atoms with Gasteiger partial charge in [0.25, 0.3) is 11.8 Å². The maximum absolute atomic E-state index is 12.2. The van der Waals surface area contributed by atoms with Crippen LogP contribution in [0.1, 0.15) is 39.5 Å². The van der Waals surface area contributed by atoms with Crippen molar-refractivity contribution in [3.05, 3.63) is 0 Å². The smallest absolute Gasteiger partial charge is 0.314 e. The highest BCUT2D eigenvalue weighted by molar-refractivity contribution is 5.88. The van der Waals surface area contributed by atoms with Gasteiger partial charge in [-0.3, -0.25) is 28.9 Å². The Bertz CT molecular complexity index is 978. The lowest BCUT2D eigenvalue weighted by Crippen LogP contribution is -2.51. The van der Waals surface area contributed by atoms with E-state index in [9.17, 15) is 19.2 Å². The van der Waals surface area contributed by atoms with Crippen LogP contribution in [0.25, 0.3) is 0 Å². The number of carbonyl (C=O) groups is 4. The molecule has 0 aliphatic carbocycles. The average Bonchev–Trinajstić information content (AvgIpc) is 3.63. The average molecular weight is 599 g/mol. The number of urea groups is 2. The van der Waals surface area contributed by atoms with Crippen LogP contribution in [0.5, 0.6) is 0 Å². The summed E-state index contributed by atoms with van der Waals surface area (Å²) in [5.41, 5.74) is 4.99. The molecule has 0 aromatic heterocycles. The van der Waals surface area contributed by atoms with Crippen molar-refractivity contribution in [3.8, 4) is 0 Å². The summed E-state index contributed by atoms with van der Waals surface area (Å²) in [5.74, 6) is -0.0162. The molecular formula is C26H46N8O8. The van der Waals surface area contributed by atoms with Gasteiger partial charge >= 0.3 is 12.1 Å². The van der Waals surface area contributed by atoms with Crippen LogP contribution in [0.15, 0.2) is 0 Å². The van der Waals surface area contributed by atoms with E-state index in [2.05, 4.69) is 21.2 Å². The fourth-order valence-electron chi connectivity index (χ4n) is 6.44. The number of nitrogens with one attached hydrogen (secondary N) is 3. The second-order valence-electron chi connectivity index (χ2n) is 11.4. The highest BCUT2D eigenvalue weighted by Crippen LogP contribution is 2.31. The van der Waals surface area contributed by atoms with E-state index in [1.54, 1.807) is 9.80 Å². The number of nitrogens with zero attached hydrogens (tertiary/aromatic N) is 5. The van der Waals surface area contributed by atoms with Crippen LogP contribution < -0.4 is 16.3 Å². The van der Waals surface area contributed by atoms with Crippen LogP contribution in [0, 0.1) is 5.92 Å². The summed E-state index contributed by atoms with van der Waals surface area (Å²) in [7, 11) is 5.01. The first-order valence-corrected chi connectivity index (χ1v) is 14.3. The lowest BCUT2D eigenvalue weighted by molar-refractivity contribution is -0.143. The second-order valence-corrected chi connectivity index (χ2v) is 11.4. The van der Waals surface area contributed by atoms with Crippen LogP contribution in [-0.2, 0) is 28.9 Å². The summed E-state index contributed by atoms with van der Waals surface area (Å²) < 4.78 is 0. The molecule has 6 heterocycles. The molecule has 0 saturated carbocycles. The minimum atomic E-state index is -0.465. The molecule has 4 bridgehead atoms. The standard InChI is InChI=1S/C13H22N4O4.C12H20N4O4.CH4/c1-15-5-9(6-15)8-21-14-12(18)11-4-3-10-7-16(11)13(19)17(10)20-2;1-19-16-8-2-3-10(15(7-8)12(16)18)11(17)14-20-9-4-5-13-6-9;/h9-11H,3-8H2,1-2H3,(H,14,18);8-10,13H,2-7H2,1H3,(H,14,17);1H4/t10-,11+;8-,9?,10+;/m11./s1. The van der Waals surface area contributed by atoms with E-state index < -0.39 is 12.1 Å². The van der Waals surface area contributed by atoms with Crippen molar-refractivity contribution in [3.63, 3.8) is 0 Å². The molecule has 16 heteroatoms. The molecule has 5 atom stereocenters. The van der Waals surface area contributed by atoms with E-state index in [4.69, 9.17) is 19.4 Å². The van der Waals surface area contributed by atoms with E-state index in [-0.39, 0.29) is 49.5 Å². The van der Waals surface area contributed by atoms with Gasteiger partial charge in [-0.2, -0.15) is 10.1 Å². The first-order chi connectivity index (χ1) is 19.8. The van der Waals surface area contributed by atoms with Crippen LogP contribution in [0.4, 0.5) is 9.59 Å². The Kier molecular flexibility index (Phi) is 10.8. The van der Waals surface area contributed by atoms with Crippen LogP contribution in [0.2, 0.25) is 0 Å². The fraction of sp³-hybridized carbons (Fsp3) is 0.846. The van der Waals surface area contributed by atoms with Gasteiger partial charge in [-0.25, -0.2) is 20.5 Å². The third-order valence-corrected chi connectivity index (χ3v) is 8.62. The van der Waals surface area contributed by atoms with Gasteiger partial charge in [0, 0.05) is 38.6 Å². The van der Waals surface area contributed by atoms with Gasteiger partial charge in [0.2, 0.25) is 0 Å². The van der Waals surface area contributed by atoms with E-state index in [0.717, 1.165) is 45.4 Å². The number of fused-ring (bicyclic) bond motifs is 4. The van der Waals surface area contributed by atoms with E-state index >= 15 is 0 Å². The van der Waals surface area contributed by atoms with Crippen molar-refractivity contribution in [1.82, 2.24) is 41.1 Å². The van der Waals surface area contributed by atoms with Gasteiger partial charge in [0.15, 0.2) is 0 Å². The molecule has 0 aromatic rings. The first-order valence-electron chi connectivity index (χ1n) is 14.3. The Hall–Kier alpha value is -2.76. The highest BCUT2D eigenvalue weighted by Gasteiger charge is 2.49. The maximum Gasteiger partial charge on any atom is 0.345 e. The molecule has 6 rings (SSSR count). The Morgan fingerprint density at radius 2 is 1.38 bits per heavy atom. The molecule has 238 valence electrons. The zero-order valence-corrected chi connectivity index (χ0v) is 24.0. The number of hydrogen-bond donors (Lipinski definition) is 3. The predicted octanol–water partition coefficient (Wildman–Crippen LogP) is -0.712. The molecule has 16 nitrogen and oxygen atoms in total. The topological polar surface area (TPSA) is 157 Å². The largest absolute Gasteiger partial charge is 0.345 e. The molecule has 42 heavy (non-hydrogen) atoms. The Balaban J connectivity index is 0.000000189. The Labute approximate surface area is 246 Å². The number of hydrogen-bond acceptors (Lipinski definition) is 10. The SMILES string of the molecule is C.CON1C(=O)N2C[C@H]1CC[C@H]2C(=O)NOC1CCNC1.CON1C(=O)N2C[C@H]1CC[C@H]2C(=O)NOCC1CN(C)C1. The molecule has 6 amide bonds. The van der Waals surface area contributed by atoms with Gasteiger partial charge in [-0.1, -0.05) is 7.43 Å². The third-order valence-electron chi connectivity index (χ3n) is 8.62. The third kappa shape index (κ3) is 6.73. The first kappa shape index (κ1) is 32.2. The van der Waals surface area contributed by atoms with Gasteiger partial charge in [0.05, 0.1) is 39.0 Å². The normalized spacial score (nSPS) is 30.5. The van der Waals surface area contributed by atoms with E-state index in [1.807, 2.05) is 7.05 Å². The number of carbonyl (C=O) groups excluding carboxylic acids is 4. The Morgan fingerprint density at radius 3 is 1.86 bits per heavy atom. The summed E-state index contributed by atoms with van der Waals surface area (Å²) in [5, 5.41) is 5.87. The van der Waals surface area contributed by atoms with Crippen molar-refractivity contribution in [2.45, 2.75) is 69.8 Å². The van der Waals surface area contributed by atoms with Crippen LogP contribution >= 0.6 is 0 Å². The van der Waals surface area contributed by atoms with Crippen molar-refractivity contribution in [2.75, 3.05) is 67.1 Å². The van der Waals surface area contributed by atoms with Gasteiger partial charge in [0.1, 0.15) is 12.1 Å². The van der Waals surface area contributed by atoms with Crippen molar-refractivity contribution in [2.24, 2.45) is 5.92 Å². The Morgan fingerprint density at radius 1 is 0.833 bits per heavy atom. The predicted molar refractivity (Wildman–Crippen MR) is 148 cm³/mol. The molecule has 0 radical (unpaired) electrons. The number of hydroxylamine groups is 6. The molecule has 6 fully saturated rings. The molecule has 3 N–H and O–H groups in total. The van der Waals surface area contributed by atoms with Crippen molar-refractivity contribution in [1.29, 1.82) is 0 Å². The molecule has 6 saturated heterocycles. The number of amides is 6. The lowest BCUT2D eigenvalue weighted by Gasteiger charge is -2.35. The number of piperidine rings is 2. The minimum Gasteiger partial charge on any atom is -0.314 e. The summed E-state index contributed by atoms with van der Waals surface area (Å²) in [6, 6.07) is -1.29. The van der Waals surface area contributed by atoms with Gasteiger partial charge in [-0.15, -0.1) is 0 Å². The molecule has 6 aliphatic rings.